The molecule has 0 spiro atoms. The second-order valence-corrected chi connectivity index (χ2v) is 8.64. The first-order valence-electron chi connectivity index (χ1n) is 10.4. The van der Waals surface area contributed by atoms with Crippen LogP contribution in [-0.4, -0.2) is 71.9 Å². The molecule has 3 heterocycles. The molecule has 0 unspecified atom stereocenters. The monoisotopic (exact) mass is 416 g/mol. The average Bonchev–Trinajstić information content (AvgIpc) is 3.09. The van der Waals surface area contributed by atoms with E-state index in [-0.39, 0.29) is 5.92 Å². The second kappa shape index (κ2) is 8.86. The van der Waals surface area contributed by atoms with Crippen LogP contribution < -0.4 is 0 Å². The van der Waals surface area contributed by atoms with Crippen molar-refractivity contribution in [3.05, 3.63) is 40.7 Å². The third-order valence-electron chi connectivity index (χ3n) is 6.11. The molecule has 1 aromatic heterocycles. The quantitative estimate of drug-likeness (QED) is 0.765. The molecule has 4 rings (SSSR count). The summed E-state index contributed by atoms with van der Waals surface area (Å²) in [6.45, 7) is 8.25. The van der Waals surface area contributed by atoms with Crippen LogP contribution in [0.15, 0.2) is 28.7 Å². The van der Waals surface area contributed by atoms with Gasteiger partial charge in [-0.25, -0.2) is 4.98 Å². The minimum atomic E-state index is 0.165. The number of benzene rings is 1. The molecule has 6 nitrogen and oxygen atoms in total. The maximum atomic E-state index is 12.8. The summed E-state index contributed by atoms with van der Waals surface area (Å²) in [5.41, 5.74) is 1.90. The van der Waals surface area contributed by atoms with Gasteiger partial charge in [0.1, 0.15) is 5.76 Å². The molecule has 1 amide bonds. The van der Waals surface area contributed by atoms with E-state index < -0.39 is 0 Å². The van der Waals surface area contributed by atoms with Gasteiger partial charge in [0.25, 0.3) is 0 Å². The number of piperidine rings is 1. The van der Waals surface area contributed by atoms with Crippen LogP contribution in [0.5, 0.6) is 0 Å². The Kier molecular flexibility index (Phi) is 6.23. The highest BCUT2D eigenvalue weighted by molar-refractivity contribution is 6.30. The Bertz CT molecular complexity index is 835. The first-order chi connectivity index (χ1) is 14.0. The van der Waals surface area contributed by atoms with Crippen LogP contribution in [0.4, 0.5) is 0 Å². The van der Waals surface area contributed by atoms with E-state index in [0.29, 0.717) is 16.8 Å². The van der Waals surface area contributed by atoms with Crippen LogP contribution >= 0.6 is 11.6 Å². The number of rotatable bonds is 4. The van der Waals surface area contributed by atoms with Crippen molar-refractivity contribution in [2.45, 2.75) is 26.3 Å². The number of likely N-dealkylation sites (tertiary alicyclic amines) is 1. The van der Waals surface area contributed by atoms with E-state index in [9.17, 15) is 4.79 Å². The fourth-order valence-corrected chi connectivity index (χ4v) is 4.25. The first-order valence-corrected chi connectivity index (χ1v) is 10.8. The number of oxazole rings is 1. The molecule has 2 aliphatic rings. The predicted octanol–water partition coefficient (Wildman–Crippen LogP) is 3.29. The van der Waals surface area contributed by atoms with Gasteiger partial charge in [0, 0.05) is 49.2 Å². The first kappa shape index (κ1) is 20.4. The van der Waals surface area contributed by atoms with Crippen molar-refractivity contribution in [1.29, 1.82) is 0 Å². The molecule has 2 fully saturated rings. The van der Waals surface area contributed by atoms with Crippen molar-refractivity contribution in [3.63, 3.8) is 0 Å². The number of aryl methyl sites for hydroxylation is 1. The molecule has 0 atom stereocenters. The van der Waals surface area contributed by atoms with Gasteiger partial charge in [0.05, 0.1) is 5.69 Å². The Morgan fingerprint density at radius 3 is 2.41 bits per heavy atom. The summed E-state index contributed by atoms with van der Waals surface area (Å²) in [5, 5.41) is 0.700. The van der Waals surface area contributed by atoms with Gasteiger partial charge in [-0.15, -0.1) is 0 Å². The zero-order chi connectivity index (χ0) is 20.4. The van der Waals surface area contributed by atoms with Crippen LogP contribution in [0.25, 0.3) is 11.5 Å². The lowest BCUT2D eigenvalue weighted by atomic mass is 9.95. The van der Waals surface area contributed by atoms with Gasteiger partial charge in [-0.05, 0) is 64.2 Å². The minimum absolute atomic E-state index is 0.165. The summed E-state index contributed by atoms with van der Waals surface area (Å²) in [7, 11) is 2.12. The lowest BCUT2D eigenvalue weighted by Gasteiger charge is -2.37. The summed E-state index contributed by atoms with van der Waals surface area (Å²) in [6, 6.07) is 7.54. The Balaban J connectivity index is 1.32. The highest BCUT2D eigenvalue weighted by atomic mass is 35.5. The van der Waals surface area contributed by atoms with Crippen molar-refractivity contribution in [2.75, 3.05) is 46.3 Å². The van der Waals surface area contributed by atoms with Gasteiger partial charge in [0.15, 0.2) is 0 Å². The van der Waals surface area contributed by atoms with E-state index in [1.807, 2.05) is 31.2 Å². The summed E-state index contributed by atoms with van der Waals surface area (Å²) >= 11 is 5.97. The SMILES string of the molecule is Cc1oc(-c2ccc(Cl)cc2)nc1CN1CCC(C(=O)N2CCN(C)CC2)CC1. The third-order valence-corrected chi connectivity index (χ3v) is 6.36. The highest BCUT2D eigenvalue weighted by Crippen LogP contribution is 2.26. The van der Waals surface area contributed by atoms with Crippen molar-refractivity contribution in [3.8, 4) is 11.5 Å². The summed E-state index contributed by atoms with van der Waals surface area (Å²) < 4.78 is 5.88. The Morgan fingerprint density at radius 1 is 1.10 bits per heavy atom. The Morgan fingerprint density at radius 2 is 1.76 bits per heavy atom. The maximum absolute atomic E-state index is 12.8. The van der Waals surface area contributed by atoms with Gasteiger partial charge in [-0.2, -0.15) is 0 Å². The van der Waals surface area contributed by atoms with Gasteiger partial charge >= 0.3 is 0 Å². The molecule has 2 saturated heterocycles. The van der Waals surface area contributed by atoms with Crippen molar-refractivity contribution >= 4 is 17.5 Å². The number of amides is 1. The summed E-state index contributed by atoms with van der Waals surface area (Å²) in [6.07, 6.45) is 1.85. The number of hydrogen-bond donors (Lipinski definition) is 0. The van der Waals surface area contributed by atoms with Gasteiger partial charge in [-0.1, -0.05) is 11.6 Å². The Hall–Kier alpha value is -1.89. The summed E-state index contributed by atoms with van der Waals surface area (Å²) in [5.74, 6) is 2.00. The van der Waals surface area contributed by atoms with Crippen LogP contribution in [0.2, 0.25) is 5.02 Å². The molecule has 1 aromatic carbocycles. The number of halogens is 1. The number of carbonyl (C=O) groups excluding carboxylic acids is 1. The Labute approximate surface area is 177 Å². The predicted molar refractivity (Wildman–Crippen MR) is 114 cm³/mol. The van der Waals surface area contributed by atoms with Crippen LogP contribution in [0, 0.1) is 12.8 Å². The lowest BCUT2D eigenvalue weighted by Crippen LogP contribution is -2.50. The molecule has 2 aliphatic heterocycles. The number of piperazine rings is 1. The van der Waals surface area contributed by atoms with E-state index in [2.05, 4.69) is 21.7 Å². The zero-order valence-electron chi connectivity index (χ0n) is 17.2. The number of nitrogens with zero attached hydrogens (tertiary/aromatic N) is 4. The topological polar surface area (TPSA) is 52.8 Å². The number of likely N-dealkylation sites (N-methyl/N-ethyl adjacent to an activating group) is 1. The molecule has 0 bridgehead atoms. The summed E-state index contributed by atoms with van der Waals surface area (Å²) in [4.78, 5) is 24.2. The standard InChI is InChI=1S/C22H29ClN4O2/c1-16-20(24-21(29-16)17-3-5-19(23)6-4-17)15-26-9-7-18(8-10-26)22(28)27-13-11-25(2)12-14-27/h3-6,18H,7-15H2,1-2H3. The minimum Gasteiger partial charge on any atom is -0.441 e. The third kappa shape index (κ3) is 4.82. The zero-order valence-corrected chi connectivity index (χ0v) is 18.0. The molecule has 29 heavy (non-hydrogen) atoms. The molecule has 2 aromatic rings. The fraction of sp³-hybridized carbons (Fsp3) is 0.545. The largest absolute Gasteiger partial charge is 0.441 e. The van der Waals surface area contributed by atoms with Gasteiger partial charge < -0.3 is 14.2 Å². The van der Waals surface area contributed by atoms with Crippen LogP contribution in [0.3, 0.4) is 0 Å². The van der Waals surface area contributed by atoms with Gasteiger partial charge in [0.2, 0.25) is 11.8 Å². The van der Waals surface area contributed by atoms with Gasteiger partial charge in [-0.3, -0.25) is 9.69 Å². The van der Waals surface area contributed by atoms with E-state index in [0.717, 1.165) is 75.7 Å². The van der Waals surface area contributed by atoms with Crippen molar-refractivity contribution in [1.82, 2.24) is 19.7 Å². The van der Waals surface area contributed by atoms with E-state index in [4.69, 9.17) is 21.0 Å². The molecule has 0 aliphatic carbocycles. The molecule has 0 radical (unpaired) electrons. The van der Waals surface area contributed by atoms with E-state index in [1.165, 1.54) is 0 Å². The van der Waals surface area contributed by atoms with Crippen molar-refractivity contribution < 1.29 is 9.21 Å². The smallest absolute Gasteiger partial charge is 0.226 e. The van der Waals surface area contributed by atoms with E-state index >= 15 is 0 Å². The van der Waals surface area contributed by atoms with E-state index in [1.54, 1.807) is 0 Å². The molecular weight excluding hydrogens is 388 g/mol. The molecule has 0 saturated carbocycles. The molecular formula is C22H29ClN4O2. The second-order valence-electron chi connectivity index (χ2n) is 8.21. The highest BCUT2D eigenvalue weighted by Gasteiger charge is 2.30. The number of aromatic nitrogens is 1. The number of hydrogen-bond acceptors (Lipinski definition) is 5. The van der Waals surface area contributed by atoms with Crippen LogP contribution in [0.1, 0.15) is 24.3 Å². The maximum Gasteiger partial charge on any atom is 0.226 e. The normalized spacial score (nSPS) is 19.6. The average molecular weight is 417 g/mol. The number of carbonyl (C=O) groups is 1. The molecule has 0 N–H and O–H groups in total. The van der Waals surface area contributed by atoms with Crippen LogP contribution in [-0.2, 0) is 11.3 Å². The lowest BCUT2D eigenvalue weighted by molar-refractivity contribution is -0.138. The molecule has 156 valence electrons. The molecule has 7 heteroatoms. The van der Waals surface area contributed by atoms with Crippen molar-refractivity contribution in [2.24, 2.45) is 5.92 Å². The fourth-order valence-electron chi connectivity index (χ4n) is 4.13.